The summed E-state index contributed by atoms with van der Waals surface area (Å²) in [5, 5.41) is 4.00. The summed E-state index contributed by atoms with van der Waals surface area (Å²) in [6.45, 7) is 2.16. The molecule has 1 aliphatic carbocycles. The minimum atomic E-state index is -0.354. The van der Waals surface area contributed by atoms with Gasteiger partial charge in [0.05, 0.1) is 0 Å². The normalized spacial score (nSPS) is 13.8. The fourth-order valence-electron chi connectivity index (χ4n) is 3.26. The van der Waals surface area contributed by atoms with E-state index in [0.717, 1.165) is 41.9 Å². The fraction of sp³-hybridized carbons (Fsp3) is 0.423. The molecule has 3 rings (SSSR count). The van der Waals surface area contributed by atoms with Crippen molar-refractivity contribution in [3.8, 4) is 0 Å². The van der Waals surface area contributed by atoms with Gasteiger partial charge in [0.1, 0.15) is 5.71 Å². The highest BCUT2D eigenvalue weighted by Gasteiger charge is 2.27. The number of benzene rings is 2. The Morgan fingerprint density at radius 3 is 2.29 bits per heavy atom. The highest BCUT2D eigenvalue weighted by molar-refractivity contribution is 7.99. The van der Waals surface area contributed by atoms with Crippen molar-refractivity contribution in [1.29, 1.82) is 0 Å². The number of carbonyl (C=O) groups is 2. The van der Waals surface area contributed by atoms with E-state index in [4.69, 9.17) is 4.84 Å². The van der Waals surface area contributed by atoms with Crippen LogP contribution in [0.3, 0.4) is 0 Å². The Morgan fingerprint density at radius 2 is 1.61 bits per heavy atom. The van der Waals surface area contributed by atoms with Crippen LogP contribution in [0, 0.1) is 5.92 Å². The van der Waals surface area contributed by atoms with Crippen molar-refractivity contribution in [2.24, 2.45) is 11.1 Å². The Balaban J connectivity index is 1.57. The summed E-state index contributed by atoms with van der Waals surface area (Å²) in [6.07, 6.45) is 8.45. The molecule has 0 radical (unpaired) electrons. The van der Waals surface area contributed by atoms with Crippen molar-refractivity contribution >= 4 is 29.2 Å². The molecule has 164 valence electrons. The van der Waals surface area contributed by atoms with Crippen LogP contribution >= 0.6 is 11.8 Å². The number of hydrogen-bond donors (Lipinski definition) is 0. The molecule has 4 nitrogen and oxygen atoms in total. The number of Topliss-reactive ketones (excluding diaryl/α,β-unsaturated/α-hetero) is 1. The number of oxime groups is 1. The molecular weight excluding hydrogens is 406 g/mol. The predicted octanol–water partition coefficient (Wildman–Crippen LogP) is 7.08. The van der Waals surface area contributed by atoms with Gasteiger partial charge in [-0.2, -0.15) is 0 Å². The van der Waals surface area contributed by atoms with E-state index < -0.39 is 0 Å². The molecule has 0 saturated heterocycles. The summed E-state index contributed by atoms with van der Waals surface area (Å²) in [4.78, 5) is 32.3. The van der Waals surface area contributed by atoms with E-state index in [1.807, 2.05) is 42.5 Å². The summed E-state index contributed by atoms with van der Waals surface area (Å²) in [5.74, 6) is -0.0329. The largest absolute Gasteiger partial charge is 0.335 e. The molecule has 0 spiro atoms. The Bertz CT molecular complexity index is 873. The SMILES string of the molecule is CCCCCCCC(=O)ON=C(CC1CC1)C(=O)c1ccc(Sc2ccccc2)cc1. The molecule has 1 fully saturated rings. The van der Waals surface area contributed by atoms with Crippen molar-refractivity contribution < 1.29 is 14.4 Å². The Morgan fingerprint density at radius 1 is 0.935 bits per heavy atom. The van der Waals surface area contributed by atoms with Crippen LogP contribution in [-0.4, -0.2) is 17.5 Å². The number of ketones is 1. The van der Waals surface area contributed by atoms with E-state index in [2.05, 4.69) is 24.2 Å². The summed E-state index contributed by atoms with van der Waals surface area (Å²) in [7, 11) is 0. The van der Waals surface area contributed by atoms with Crippen LogP contribution in [-0.2, 0) is 9.63 Å². The lowest BCUT2D eigenvalue weighted by molar-refractivity contribution is -0.143. The second-order valence-electron chi connectivity index (χ2n) is 8.08. The first kappa shape index (κ1) is 23.3. The second-order valence-corrected chi connectivity index (χ2v) is 9.23. The van der Waals surface area contributed by atoms with Crippen LogP contribution in [0.2, 0.25) is 0 Å². The molecule has 31 heavy (non-hydrogen) atoms. The summed E-state index contributed by atoms with van der Waals surface area (Å²) < 4.78 is 0. The standard InChI is InChI=1S/C26H31NO3S/c1-2-3-4-5-9-12-25(28)30-27-24(19-20-13-14-20)26(29)21-15-17-23(18-16-21)31-22-10-7-6-8-11-22/h6-8,10-11,15-18,20H,2-5,9,12-14,19H2,1H3. The van der Waals surface area contributed by atoms with Gasteiger partial charge in [-0.15, -0.1) is 0 Å². The first-order valence-corrected chi connectivity index (χ1v) is 12.1. The molecule has 0 aliphatic heterocycles. The van der Waals surface area contributed by atoms with Gasteiger partial charge in [-0.1, -0.05) is 67.7 Å². The maximum absolute atomic E-state index is 13.0. The van der Waals surface area contributed by atoms with Gasteiger partial charge in [-0.25, -0.2) is 4.79 Å². The molecule has 2 aromatic rings. The van der Waals surface area contributed by atoms with Crippen LogP contribution in [0.15, 0.2) is 69.5 Å². The van der Waals surface area contributed by atoms with Gasteiger partial charge in [0.2, 0.25) is 5.78 Å². The van der Waals surface area contributed by atoms with Gasteiger partial charge in [0, 0.05) is 21.8 Å². The van der Waals surface area contributed by atoms with Gasteiger partial charge in [-0.05, 0) is 68.0 Å². The zero-order chi connectivity index (χ0) is 21.9. The highest BCUT2D eigenvalue weighted by atomic mass is 32.2. The highest BCUT2D eigenvalue weighted by Crippen LogP contribution is 2.33. The van der Waals surface area contributed by atoms with Crippen molar-refractivity contribution in [2.45, 2.75) is 74.5 Å². The van der Waals surface area contributed by atoms with E-state index in [1.165, 1.54) is 12.8 Å². The minimum absolute atomic E-state index is 0.154. The number of hydrogen-bond acceptors (Lipinski definition) is 5. The average Bonchev–Trinajstić information content (AvgIpc) is 3.61. The molecule has 1 saturated carbocycles. The van der Waals surface area contributed by atoms with Gasteiger partial charge >= 0.3 is 5.97 Å². The van der Waals surface area contributed by atoms with E-state index in [9.17, 15) is 9.59 Å². The molecular formula is C26H31NO3S. The van der Waals surface area contributed by atoms with Crippen molar-refractivity contribution in [2.75, 3.05) is 0 Å². The van der Waals surface area contributed by atoms with E-state index in [0.29, 0.717) is 30.0 Å². The van der Waals surface area contributed by atoms with Gasteiger partial charge in [0.15, 0.2) is 0 Å². The van der Waals surface area contributed by atoms with Crippen LogP contribution < -0.4 is 0 Å². The lowest BCUT2D eigenvalue weighted by atomic mass is 10.0. The van der Waals surface area contributed by atoms with Gasteiger partial charge in [0.25, 0.3) is 0 Å². The van der Waals surface area contributed by atoms with E-state index in [1.54, 1.807) is 11.8 Å². The van der Waals surface area contributed by atoms with Gasteiger partial charge in [-0.3, -0.25) is 4.79 Å². The van der Waals surface area contributed by atoms with Crippen LogP contribution in [0.25, 0.3) is 0 Å². The smallest absolute Gasteiger partial charge is 0.318 e. The van der Waals surface area contributed by atoms with Crippen molar-refractivity contribution in [1.82, 2.24) is 0 Å². The van der Waals surface area contributed by atoms with E-state index in [-0.39, 0.29) is 11.8 Å². The molecule has 0 aromatic heterocycles. The summed E-state index contributed by atoms with van der Waals surface area (Å²) >= 11 is 1.65. The maximum Gasteiger partial charge on any atom is 0.335 e. The summed E-state index contributed by atoms with van der Waals surface area (Å²) in [6, 6.07) is 17.7. The zero-order valence-electron chi connectivity index (χ0n) is 18.2. The Kier molecular flexibility index (Phi) is 9.35. The third-order valence-electron chi connectivity index (χ3n) is 5.28. The third kappa shape index (κ3) is 8.33. The first-order chi connectivity index (χ1) is 15.2. The maximum atomic E-state index is 13.0. The number of carbonyl (C=O) groups excluding carboxylic acids is 2. The molecule has 0 unspecified atom stereocenters. The topological polar surface area (TPSA) is 55.7 Å². The molecule has 0 bridgehead atoms. The molecule has 0 atom stereocenters. The first-order valence-electron chi connectivity index (χ1n) is 11.3. The molecule has 0 amide bonds. The number of rotatable bonds is 13. The quantitative estimate of drug-likeness (QED) is 0.110. The van der Waals surface area contributed by atoms with Crippen LogP contribution in [0.4, 0.5) is 0 Å². The second kappa shape index (κ2) is 12.5. The van der Waals surface area contributed by atoms with Crippen molar-refractivity contribution in [3.05, 3.63) is 60.2 Å². The number of unbranched alkanes of at least 4 members (excludes halogenated alkanes) is 4. The number of nitrogens with zero attached hydrogens (tertiary/aromatic N) is 1. The lowest BCUT2D eigenvalue weighted by Gasteiger charge is -2.07. The fourth-order valence-corrected chi connectivity index (χ4v) is 4.09. The predicted molar refractivity (Wildman–Crippen MR) is 126 cm³/mol. The monoisotopic (exact) mass is 437 g/mol. The summed E-state index contributed by atoms with van der Waals surface area (Å²) in [5.41, 5.74) is 0.928. The lowest BCUT2D eigenvalue weighted by Crippen LogP contribution is -2.17. The molecule has 2 aromatic carbocycles. The zero-order valence-corrected chi connectivity index (χ0v) is 19.0. The minimum Gasteiger partial charge on any atom is -0.318 e. The van der Waals surface area contributed by atoms with Gasteiger partial charge < -0.3 is 4.84 Å². The average molecular weight is 438 g/mol. The Hall–Kier alpha value is -2.40. The Labute approximate surface area is 189 Å². The molecule has 0 N–H and O–H groups in total. The third-order valence-corrected chi connectivity index (χ3v) is 6.29. The molecule has 5 heteroatoms. The molecule has 0 heterocycles. The van der Waals surface area contributed by atoms with Crippen LogP contribution in [0.1, 0.15) is 75.1 Å². The van der Waals surface area contributed by atoms with Crippen molar-refractivity contribution in [3.63, 3.8) is 0 Å². The molecule has 1 aliphatic rings. The van der Waals surface area contributed by atoms with E-state index >= 15 is 0 Å². The van der Waals surface area contributed by atoms with Crippen LogP contribution in [0.5, 0.6) is 0 Å².